The van der Waals surface area contributed by atoms with Crippen LogP contribution >= 0.6 is 43.2 Å². The zero-order valence-electron chi connectivity index (χ0n) is 8.84. The van der Waals surface area contributed by atoms with Crippen molar-refractivity contribution in [2.24, 2.45) is 0 Å². The average molecular weight is 396 g/mol. The molecule has 0 saturated heterocycles. The molecule has 18 heavy (non-hydrogen) atoms. The van der Waals surface area contributed by atoms with Crippen molar-refractivity contribution < 1.29 is 13.6 Å². The minimum Gasteiger partial charge on any atom is -0.294 e. The number of Topliss-reactive ketones (excluding diaryl/α,β-unsaturated/α-hetero) is 1. The van der Waals surface area contributed by atoms with Crippen LogP contribution in [0.1, 0.15) is 15.9 Å². The number of thiophene rings is 1. The number of carbonyl (C=O) groups is 1. The predicted molar refractivity (Wildman–Crippen MR) is 74.1 cm³/mol. The first-order valence-corrected chi connectivity index (χ1v) is 7.29. The van der Waals surface area contributed by atoms with E-state index in [1.807, 2.05) is 0 Å². The van der Waals surface area contributed by atoms with Gasteiger partial charge in [-0.1, -0.05) is 0 Å². The van der Waals surface area contributed by atoms with E-state index >= 15 is 0 Å². The second kappa shape index (κ2) is 5.59. The van der Waals surface area contributed by atoms with Gasteiger partial charge in [0.25, 0.3) is 0 Å². The Kier molecular flexibility index (Phi) is 4.29. The van der Waals surface area contributed by atoms with Crippen molar-refractivity contribution in [3.8, 4) is 0 Å². The first-order valence-electron chi connectivity index (χ1n) is 4.89. The molecule has 1 nitrogen and oxygen atoms in total. The minimum absolute atomic E-state index is 0.0641. The molecule has 1 heterocycles. The van der Waals surface area contributed by atoms with E-state index in [2.05, 4.69) is 31.9 Å². The Balaban J connectivity index is 2.26. The fourth-order valence-electron chi connectivity index (χ4n) is 1.48. The molecule has 0 aliphatic carbocycles. The number of carbonyl (C=O) groups excluding carboxylic acids is 1. The van der Waals surface area contributed by atoms with Gasteiger partial charge in [-0.3, -0.25) is 4.79 Å². The topological polar surface area (TPSA) is 17.1 Å². The quantitative estimate of drug-likeness (QED) is 0.670. The van der Waals surface area contributed by atoms with Crippen LogP contribution in [0.3, 0.4) is 0 Å². The third kappa shape index (κ3) is 3.05. The molecule has 1 aromatic heterocycles. The van der Waals surface area contributed by atoms with Crippen molar-refractivity contribution in [3.05, 3.63) is 54.6 Å². The Bertz CT molecular complexity index is 610. The van der Waals surface area contributed by atoms with Crippen molar-refractivity contribution in [1.29, 1.82) is 0 Å². The monoisotopic (exact) mass is 394 g/mol. The lowest BCUT2D eigenvalue weighted by molar-refractivity contribution is 0.0991. The zero-order valence-corrected chi connectivity index (χ0v) is 12.8. The average Bonchev–Trinajstić information content (AvgIpc) is 2.63. The van der Waals surface area contributed by atoms with Crippen molar-refractivity contribution in [2.45, 2.75) is 6.42 Å². The van der Waals surface area contributed by atoms with Crippen molar-refractivity contribution in [2.75, 3.05) is 0 Å². The van der Waals surface area contributed by atoms with Crippen LogP contribution in [-0.2, 0) is 6.42 Å². The van der Waals surface area contributed by atoms with Crippen LogP contribution in [0.15, 0.2) is 31.8 Å². The third-order valence-electron chi connectivity index (χ3n) is 2.32. The fourth-order valence-corrected chi connectivity index (χ4v) is 4.33. The van der Waals surface area contributed by atoms with E-state index in [0.29, 0.717) is 9.35 Å². The lowest BCUT2D eigenvalue weighted by Gasteiger charge is -2.02. The summed E-state index contributed by atoms with van der Waals surface area (Å²) in [4.78, 5) is 12.0. The van der Waals surface area contributed by atoms with Gasteiger partial charge in [-0.15, -0.1) is 11.3 Å². The summed E-state index contributed by atoms with van der Waals surface area (Å²) < 4.78 is 27.9. The van der Waals surface area contributed by atoms with Crippen molar-refractivity contribution in [3.63, 3.8) is 0 Å². The summed E-state index contributed by atoms with van der Waals surface area (Å²) in [7, 11) is 0. The Morgan fingerprint density at radius 2 is 1.94 bits per heavy atom. The maximum atomic E-state index is 13.4. The van der Waals surface area contributed by atoms with Gasteiger partial charge in [0.1, 0.15) is 11.6 Å². The van der Waals surface area contributed by atoms with Gasteiger partial charge in [-0.05, 0) is 61.7 Å². The normalized spacial score (nSPS) is 10.7. The summed E-state index contributed by atoms with van der Waals surface area (Å²) in [6.45, 7) is 0. The maximum Gasteiger partial charge on any atom is 0.169 e. The van der Waals surface area contributed by atoms with Gasteiger partial charge in [-0.2, -0.15) is 0 Å². The predicted octanol–water partition coefficient (Wildman–Crippen LogP) is 4.98. The summed E-state index contributed by atoms with van der Waals surface area (Å²) in [5.41, 5.74) is 0.532. The summed E-state index contributed by atoms with van der Waals surface area (Å²) in [6.07, 6.45) is -0.161. The molecule has 0 amide bonds. The Labute approximate surface area is 123 Å². The molecule has 0 fully saturated rings. The van der Waals surface area contributed by atoms with E-state index < -0.39 is 11.6 Å². The third-order valence-corrected chi connectivity index (χ3v) is 4.66. The first kappa shape index (κ1) is 13.8. The number of hydrogen-bond donors (Lipinski definition) is 0. The van der Waals surface area contributed by atoms with Gasteiger partial charge < -0.3 is 0 Å². The van der Waals surface area contributed by atoms with Crippen LogP contribution in [0.2, 0.25) is 0 Å². The van der Waals surface area contributed by atoms with E-state index in [0.717, 1.165) is 22.0 Å². The number of hydrogen-bond acceptors (Lipinski definition) is 2. The Morgan fingerprint density at radius 1 is 1.22 bits per heavy atom. The smallest absolute Gasteiger partial charge is 0.169 e. The van der Waals surface area contributed by atoms with Gasteiger partial charge in [0.2, 0.25) is 0 Å². The molecule has 1 aromatic carbocycles. The SMILES string of the molecule is O=C(Cc1cc(F)ccc1F)c1cc(Br)sc1Br. The van der Waals surface area contributed by atoms with Crippen LogP contribution < -0.4 is 0 Å². The van der Waals surface area contributed by atoms with Crippen LogP contribution in [0.25, 0.3) is 0 Å². The molecule has 0 bridgehead atoms. The summed E-state index contributed by atoms with van der Waals surface area (Å²) in [5, 5.41) is 0. The fraction of sp³-hybridized carbons (Fsp3) is 0.0833. The van der Waals surface area contributed by atoms with Gasteiger partial charge in [0.15, 0.2) is 5.78 Å². The number of rotatable bonds is 3. The largest absolute Gasteiger partial charge is 0.294 e. The highest BCUT2D eigenvalue weighted by Gasteiger charge is 2.16. The molecule has 6 heteroatoms. The number of ketones is 1. The van der Waals surface area contributed by atoms with Crippen LogP contribution in [-0.4, -0.2) is 5.78 Å². The summed E-state index contributed by atoms with van der Waals surface area (Å²) in [6, 6.07) is 4.76. The first-order chi connectivity index (χ1) is 8.47. The molecule has 0 radical (unpaired) electrons. The van der Waals surface area contributed by atoms with Gasteiger partial charge in [0.05, 0.1) is 7.57 Å². The van der Waals surface area contributed by atoms with E-state index in [1.165, 1.54) is 11.3 Å². The summed E-state index contributed by atoms with van der Waals surface area (Å²) in [5.74, 6) is -1.38. The molecule has 2 rings (SSSR count). The molecule has 0 atom stereocenters. The molecular weight excluding hydrogens is 390 g/mol. The van der Waals surface area contributed by atoms with Crippen molar-refractivity contribution >= 4 is 49.0 Å². The van der Waals surface area contributed by atoms with Crippen LogP contribution in [0.4, 0.5) is 8.78 Å². The second-order valence-electron chi connectivity index (χ2n) is 3.57. The Hall–Kier alpha value is -0.590. The van der Waals surface area contributed by atoms with Gasteiger partial charge in [0, 0.05) is 12.0 Å². The minimum atomic E-state index is -0.574. The second-order valence-corrected chi connectivity index (χ2v) is 7.32. The standard InChI is InChI=1S/C12H6Br2F2OS/c13-11-5-8(12(14)18-11)10(17)4-6-3-7(15)1-2-9(6)16/h1-3,5H,4H2. The molecule has 0 saturated carbocycles. The number of halogens is 4. The Morgan fingerprint density at radius 3 is 2.56 bits per heavy atom. The highest BCUT2D eigenvalue weighted by Crippen LogP contribution is 2.32. The molecule has 94 valence electrons. The summed E-state index contributed by atoms with van der Waals surface area (Å²) >= 11 is 7.89. The van der Waals surface area contributed by atoms with Crippen molar-refractivity contribution in [1.82, 2.24) is 0 Å². The van der Waals surface area contributed by atoms with Crippen LogP contribution in [0, 0.1) is 11.6 Å². The molecule has 0 spiro atoms. The highest BCUT2D eigenvalue weighted by atomic mass is 79.9. The molecule has 0 N–H and O–H groups in total. The lowest BCUT2D eigenvalue weighted by Crippen LogP contribution is -2.05. The number of benzene rings is 1. The van der Waals surface area contributed by atoms with E-state index in [1.54, 1.807) is 6.07 Å². The lowest BCUT2D eigenvalue weighted by atomic mass is 10.0. The van der Waals surface area contributed by atoms with Gasteiger partial charge in [-0.25, -0.2) is 8.78 Å². The van der Waals surface area contributed by atoms with Crippen LogP contribution in [0.5, 0.6) is 0 Å². The zero-order chi connectivity index (χ0) is 13.3. The molecular formula is C12H6Br2F2OS. The molecule has 2 aromatic rings. The molecule has 0 aliphatic rings. The molecule has 0 aliphatic heterocycles. The molecule has 0 unspecified atom stereocenters. The van der Waals surface area contributed by atoms with E-state index in [4.69, 9.17) is 0 Å². The van der Waals surface area contributed by atoms with E-state index in [9.17, 15) is 13.6 Å². The van der Waals surface area contributed by atoms with Gasteiger partial charge >= 0.3 is 0 Å². The maximum absolute atomic E-state index is 13.4. The highest BCUT2D eigenvalue weighted by molar-refractivity contribution is 9.12. The van der Waals surface area contributed by atoms with E-state index in [-0.39, 0.29) is 17.8 Å².